The monoisotopic (exact) mass is 319 g/mol. The zero-order valence-corrected chi connectivity index (χ0v) is 12.9. The van der Waals surface area contributed by atoms with Crippen LogP contribution in [0.2, 0.25) is 0 Å². The lowest BCUT2D eigenvalue weighted by atomic mass is 10.0. The van der Waals surface area contributed by atoms with E-state index < -0.39 is 10.5 Å². The summed E-state index contributed by atoms with van der Waals surface area (Å²) in [5.74, 6) is 0.397. The van der Waals surface area contributed by atoms with Crippen LogP contribution in [-0.2, 0) is 15.9 Å². The molecule has 0 bridgehead atoms. The van der Waals surface area contributed by atoms with Gasteiger partial charge >= 0.3 is 5.63 Å². The molecule has 2 heterocycles. The predicted octanol–water partition coefficient (Wildman–Crippen LogP) is 2.64. The second-order valence-corrected chi connectivity index (χ2v) is 5.97. The van der Waals surface area contributed by atoms with Gasteiger partial charge in [-0.25, -0.2) is 4.79 Å². The van der Waals surface area contributed by atoms with Crippen LogP contribution in [0.15, 0.2) is 33.7 Å². The van der Waals surface area contributed by atoms with Gasteiger partial charge in [-0.15, -0.1) is 0 Å². The van der Waals surface area contributed by atoms with E-state index in [9.17, 15) is 14.9 Å². The Hall–Kier alpha value is -2.25. The van der Waals surface area contributed by atoms with Crippen LogP contribution in [0.1, 0.15) is 19.4 Å². The zero-order chi connectivity index (χ0) is 16.6. The molecule has 1 aliphatic rings. The van der Waals surface area contributed by atoms with E-state index in [1.54, 1.807) is 12.1 Å². The summed E-state index contributed by atoms with van der Waals surface area (Å²) < 4.78 is 15.7. The first-order chi connectivity index (χ1) is 11.0. The third-order valence-corrected chi connectivity index (χ3v) is 3.66. The lowest BCUT2D eigenvalue weighted by Crippen LogP contribution is -2.09. The Kier molecular flexibility index (Phi) is 4.14. The minimum Gasteiger partial charge on any atom is -0.431 e. The van der Waals surface area contributed by atoms with Crippen LogP contribution < -0.4 is 5.63 Å². The molecular formula is C16H17NO6. The summed E-state index contributed by atoms with van der Waals surface area (Å²) in [6, 6.07) is 4.58. The van der Waals surface area contributed by atoms with Crippen LogP contribution in [0, 0.1) is 16.0 Å². The van der Waals surface area contributed by atoms with Gasteiger partial charge < -0.3 is 13.9 Å². The highest BCUT2D eigenvalue weighted by molar-refractivity contribution is 5.91. The first-order valence-electron chi connectivity index (χ1n) is 7.42. The third kappa shape index (κ3) is 3.25. The molecule has 2 unspecified atom stereocenters. The van der Waals surface area contributed by atoms with Crippen molar-refractivity contribution in [2.24, 2.45) is 5.92 Å². The maximum atomic E-state index is 11.7. The van der Waals surface area contributed by atoms with Crippen LogP contribution >= 0.6 is 0 Å². The quantitative estimate of drug-likeness (QED) is 0.461. The summed E-state index contributed by atoms with van der Waals surface area (Å²) in [6.07, 6.45) is 1.04. The maximum Gasteiger partial charge on any atom is 0.343 e. The van der Waals surface area contributed by atoms with E-state index in [0.29, 0.717) is 24.5 Å². The summed E-state index contributed by atoms with van der Waals surface area (Å²) >= 11 is 0. The molecule has 1 aromatic carbocycles. The van der Waals surface area contributed by atoms with Gasteiger partial charge in [0.2, 0.25) is 0 Å². The predicted molar refractivity (Wildman–Crippen MR) is 82.3 cm³/mol. The van der Waals surface area contributed by atoms with Crippen molar-refractivity contribution in [3.63, 3.8) is 0 Å². The number of ether oxygens (including phenoxy) is 2. The third-order valence-electron chi connectivity index (χ3n) is 3.66. The lowest BCUT2D eigenvalue weighted by molar-refractivity contribution is -0.383. The van der Waals surface area contributed by atoms with Crippen molar-refractivity contribution >= 4 is 16.5 Å². The van der Waals surface area contributed by atoms with E-state index in [0.717, 1.165) is 0 Å². The molecule has 0 radical (unpaired) electrons. The summed E-state index contributed by atoms with van der Waals surface area (Å²) in [4.78, 5) is 22.6. The Labute approximate surface area is 132 Å². The molecule has 122 valence electrons. The summed E-state index contributed by atoms with van der Waals surface area (Å²) in [5, 5.41) is 11.9. The maximum absolute atomic E-state index is 11.7. The molecule has 0 saturated carbocycles. The zero-order valence-electron chi connectivity index (χ0n) is 12.9. The number of hydrogen-bond donors (Lipinski definition) is 0. The number of benzene rings is 1. The molecule has 3 rings (SSSR count). The Morgan fingerprint density at radius 2 is 2.09 bits per heavy atom. The van der Waals surface area contributed by atoms with E-state index >= 15 is 0 Å². The van der Waals surface area contributed by atoms with Crippen LogP contribution in [-0.4, -0.2) is 23.9 Å². The second kappa shape index (κ2) is 6.10. The highest BCUT2D eigenvalue weighted by atomic mass is 16.8. The van der Waals surface area contributed by atoms with Gasteiger partial charge in [0.15, 0.2) is 6.29 Å². The van der Waals surface area contributed by atoms with Crippen molar-refractivity contribution in [2.75, 3.05) is 6.61 Å². The summed E-state index contributed by atoms with van der Waals surface area (Å²) in [6.45, 7) is 4.66. The molecule has 1 aliphatic heterocycles. The first-order valence-corrected chi connectivity index (χ1v) is 7.42. The molecule has 7 nitrogen and oxygen atoms in total. The Morgan fingerprint density at radius 3 is 2.78 bits per heavy atom. The van der Waals surface area contributed by atoms with Crippen molar-refractivity contribution in [1.82, 2.24) is 0 Å². The molecule has 1 fully saturated rings. The topological polar surface area (TPSA) is 95.1 Å². The fourth-order valence-corrected chi connectivity index (χ4v) is 2.53. The largest absolute Gasteiger partial charge is 0.431 e. The molecular weight excluding hydrogens is 302 g/mol. The standard InChI is InChI=1S/C16H17NO6/c1-9(2)8-22-16-13(23-16)7-10-3-4-12-11(14(10)17(19)20)5-6-21-15(12)18/h3-6,9,13,16H,7-8H2,1-2H3. The van der Waals surface area contributed by atoms with E-state index in [1.165, 1.54) is 12.3 Å². The van der Waals surface area contributed by atoms with Gasteiger partial charge in [-0.05, 0) is 18.1 Å². The van der Waals surface area contributed by atoms with Gasteiger partial charge in [-0.3, -0.25) is 10.1 Å². The van der Waals surface area contributed by atoms with Crippen molar-refractivity contribution in [3.05, 3.63) is 50.6 Å². The van der Waals surface area contributed by atoms with Gasteiger partial charge in [0, 0.05) is 12.0 Å². The van der Waals surface area contributed by atoms with Gasteiger partial charge in [0.25, 0.3) is 5.69 Å². The Balaban J connectivity index is 1.86. The Morgan fingerprint density at radius 1 is 1.30 bits per heavy atom. The van der Waals surface area contributed by atoms with Gasteiger partial charge in [0.05, 0.1) is 28.6 Å². The molecule has 0 amide bonds. The highest BCUT2D eigenvalue weighted by Gasteiger charge is 2.41. The van der Waals surface area contributed by atoms with Gasteiger partial charge in [-0.1, -0.05) is 19.9 Å². The average Bonchev–Trinajstić information content (AvgIpc) is 3.23. The fourth-order valence-electron chi connectivity index (χ4n) is 2.53. The molecule has 7 heteroatoms. The summed E-state index contributed by atoms with van der Waals surface area (Å²) in [7, 11) is 0. The molecule has 1 saturated heterocycles. The van der Waals surface area contributed by atoms with E-state index in [4.69, 9.17) is 13.9 Å². The Bertz CT molecular complexity index is 797. The summed E-state index contributed by atoms with van der Waals surface area (Å²) in [5.41, 5.74) is -0.139. The molecule has 2 atom stereocenters. The number of nitro benzene ring substituents is 1. The molecule has 0 spiro atoms. The number of fused-ring (bicyclic) bond motifs is 1. The molecule has 23 heavy (non-hydrogen) atoms. The number of nitrogens with zero attached hydrogens (tertiary/aromatic N) is 1. The fraction of sp³-hybridized carbons (Fsp3) is 0.438. The van der Waals surface area contributed by atoms with Crippen LogP contribution in [0.3, 0.4) is 0 Å². The molecule has 2 aromatic rings. The minimum atomic E-state index is -0.585. The first kappa shape index (κ1) is 15.6. The minimum absolute atomic E-state index is 0.0755. The SMILES string of the molecule is CC(C)COC1OC1Cc1ccc2c(=O)occc2c1[N+](=O)[O-]. The van der Waals surface area contributed by atoms with Crippen molar-refractivity contribution in [2.45, 2.75) is 32.7 Å². The van der Waals surface area contributed by atoms with Crippen LogP contribution in [0.4, 0.5) is 5.69 Å². The molecule has 1 aromatic heterocycles. The van der Waals surface area contributed by atoms with Crippen molar-refractivity contribution in [3.8, 4) is 0 Å². The second-order valence-electron chi connectivity index (χ2n) is 5.97. The number of nitro groups is 1. The molecule has 0 aliphatic carbocycles. The van der Waals surface area contributed by atoms with E-state index in [1.807, 2.05) is 13.8 Å². The van der Waals surface area contributed by atoms with E-state index in [-0.39, 0.29) is 28.9 Å². The van der Waals surface area contributed by atoms with Crippen molar-refractivity contribution < 1.29 is 18.8 Å². The van der Waals surface area contributed by atoms with Crippen molar-refractivity contribution in [1.29, 1.82) is 0 Å². The number of epoxide rings is 1. The van der Waals surface area contributed by atoms with Crippen LogP contribution in [0.25, 0.3) is 10.8 Å². The lowest BCUT2D eigenvalue weighted by Gasteiger charge is -2.05. The van der Waals surface area contributed by atoms with E-state index in [2.05, 4.69) is 0 Å². The van der Waals surface area contributed by atoms with Gasteiger partial charge in [0.1, 0.15) is 6.10 Å². The normalized spacial score (nSPS) is 20.1. The van der Waals surface area contributed by atoms with Gasteiger partial charge in [-0.2, -0.15) is 0 Å². The average molecular weight is 319 g/mol. The smallest absolute Gasteiger partial charge is 0.343 e. The van der Waals surface area contributed by atoms with Crippen LogP contribution in [0.5, 0.6) is 0 Å². The molecule has 0 N–H and O–H groups in total. The highest BCUT2D eigenvalue weighted by Crippen LogP contribution is 2.34. The number of rotatable bonds is 6. The number of hydrogen-bond acceptors (Lipinski definition) is 6.